The number of benzene rings is 1. The topological polar surface area (TPSA) is 26.3 Å². The molecule has 0 bridgehead atoms. The van der Waals surface area contributed by atoms with Crippen LogP contribution in [0.3, 0.4) is 0 Å². The van der Waals surface area contributed by atoms with Gasteiger partial charge in [-0.2, -0.15) is 0 Å². The Balaban J connectivity index is 3.01. The molecule has 2 nitrogen and oxygen atoms in total. The average molecular weight is 220 g/mol. The van der Waals surface area contributed by atoms with E-state index in [0.717, 1.165) is 0 Å². The average Bonchev–Trinajstić information content (AvgIpc) is 2.23. The molecule has 0 atom stereocenters. The van der Waals surface area contributed by atoms with Crippen LogP contribution in [0.5, 0.6) is 5.75 Å². The molecule has 84 valence electrons. The Morgan fingerprint density at radius 1 is 1.56 bits per heavy atom. The largest absolute Gasteiger partial charge is 0.492 e. The molecule has 0 saturated carbocycles. The minimum Gasteiger partial charge on any atom is -0.492 e. The predicted molar refractivity (Wildman–Crippen MR) is 60.1 cm³/mol. The van der Waals surface area contributed by atoms with Crippen LogP contribution in [0.25, 0.3) is 0 Å². The maximum Gasteiger partial charge on any atom is 0.163 e. The molecule has 0 amide bonds. The highest BCUT2D eigenvalue weighted by molar-refractivity contribution is 5.96. The smallest absolute Gasteiger partial charge is 0.163 e. The molecule has 0 unspecified atom stereocenters. The van der Waals surface area contributed by atoms with Crippen LogP contribution in [0, 0.1) is 25.1 Å². The van der Waals surface area contributed by atoms with E-state index in [4.69, 9.17) is 11.2 Å². The fraction of sp³-hybridized carbons (Fsp3) is 0.308. The molecule has 0 radical (unpaired) electrons. The van der Waals surface area contributed by atoms with Gasteiger partial charge in [-0.05, 0) is 31.5 Å². The second-order valence-electron chi connectivity index (χ2n) is 3.46. The number of Topliss-reactive ketones (excluding diaryl/α,β-unsaturated/α-hetero) is 1. The summed E-state index contributed by atoms with van der Waals surface area (Å²) in [6.07, 6.45) is 5.54. The zero-order chi connectivity index (χ0) is 12.1. The summed E-state index contributed by atoms with van der Waals surface area (Å²) in [6, 6.07) is 2.71. The Hall–Kier alpha value is -1.82. The number of ether oxygens (including phenoxy) is 1. The van der Waals surface area contributed by atoms with E-state index in [-0.39, 0.29) is 11.3 Å². The van der Waals surface area contributed by atoms with Crippen molar-refractivity contribution in [3.8, 4) is 18.1 Å². The first-order chi connectivity index (χ1) is 7.56. The molecular formula is C13H13FO2. The standard InChI is InChI=1S/C13H13FO2/c1-4-5-6-16-13-7-9(2)12(14)8-11(13)10(3)15/h1,7-8H,5-6H2,2-3H3. The van der Waals surface area contributed by atoms with Gasteiger partial charge < -0.3 is 4.74 Å². The van der Waals surface area contributed by atoms with E-state index in [1.807, 2.05) is 0 Å². The number of hydrogen-bond acceptors (Lipinski definition) is 2. The third-order valence-electron chi connectivity index (χ3n) is 2.14. The first kappa shape index (κ1) is 12.3. The van der Waals surface area contributed by atoms with Gasteiger partial charge in [0.25, 0.3) is 0 Å². The van der Waals surface area contributed by atoms with Crippen LogP contribution in [-0.2, 0) is 0 Å². The van der Waals surface area contributed by atoms with Crippen LogP contribution in [-0.4, -0.2) is 12.4 Å². The van der Waals surface area contributed by atoms with E-state index in [0.29, 0.717) is 24.3 Å². The summed E-state index contributed by atoms with van der Waals surface area (Å²) in [5.41, 5.74) is 0.695. The third kappa shape index (κ3) is 2.83. The second kappa shape index (κ2) is 5.32. The van der Waals surface area contributed by atoms with Crippen molar-refractivity contribution in [2.24, 2.45) is 0 Å². The molecule has 1 aromatic carbocycles. The summed E-state index contributed by atoms with van der Waals surface area (Å²) in [7, 11) is 0. The Labute approximate surface area is 94.4 Å². The molecule has 0 aliphatic rings. The lowest BCUT2D eigenvalue weighted by Gasteiger charge is -2.10. The first-order valence-electron chi connectivity index (χ1n) is 4.93. The van der Waals surface area contributed by atoms with Crippen LogP contribution in [0.2, 0.25) is 0 Å². The van der Waals surface area contributed by atoms with Gasteiger partial charge in [-0.3, -0.25) is 4.79 Å². The van der Waals surface area contributed by atoms with Gasteiger partial charge in [-0.15, -0.1) is 12.3 Å². The van der Waals surface area contributed by atoms with Gasteiger partial charge in [0.1, 0.15) is 11.6 Å². The van der Waals surface area contributed by atoms with Crippen LogP contribution >= 0.6 is 0 Å². The first-order valence-corrected chi connectivity index (χ1v) is 4.93. The number of aryl methyl sites for hydroxylation is 1. The number of terminal acetylenes is 1. The number of rotatable bonds is 4. The van der Waals surface area contributed by atoms with Gasteiger partial charge in [0.15, 0.2) is 5.78 Å². The summed E-state index contributed by atoms with van der Waals surface area (Å²) >= 11 is 0. The summed E-state index contributed by atoms with van der Waals surface area (Å²) in [6.45, 7) is 3.31. The van der Waals surface area contributed by atoms with E-state index < -0.39 is 5.82 Å². The van der Waals surface area contributed by atoms with Crippen LogP contribution in [0.1, 0.15) is 29.3 Å². The molecule has 1 rings (SSSR count). The van der Waals surface area contributed by atoms with Gasteiger partial charge in [0, 0.05) is 6.42 Å². The molecule has 0 fully saturated rings. The van der Waals surface area contributed by atoms with Crippen molar-refractivity contribution in [3.05, 3.63) is 29.1 Å². The molecular weight excluding hydrogens is 207 g/mol. The summed E-state index contributed by atoms with van der Waals surface area (Å²) in [5.74, 6) is 2.18. The lowest BCUT2D eigenvalue weighted by atomic mass is 10.1. The molecule has 0 aliphatic carbocycles. The van der Waals surface area contributed by atoms with Gasteiger partial charge in [0.2, 0.25) is 0 Å². The molecule has 0 saturated heterocycles. The van der Waals surface area contributed by atoms with Gasteiger partial charge in [-0.1, -0.05) is 0 Å². The molecule has 0 heterocycles. The van der Waals surface area contributed by atoms with Gasteiger partial charge in [0.05, 0.1) is 12.2 Å². The molecule has 16 heavy (non-hydrogen) atoms. The van der Waals surface area contributed by atoms with Crippen molar-refractivity contribution in [1.82, 2.24) is 0 Å². The van der Waals surface area contributed by atoms with Crippen molar-refractivity contribution in [2.45, 2.75) is 20.3 Å². The lowest BCUT2D eigenvalue weighted by molar-refractivity contribution is 0.101. The number of hydrogen-bond donors (Lipinski definition) is 0. The van der Waals surface area contributed by atoms with Crippen molar-refractivity contribution < 1.29 is 13.9 Å². The molecule has 0 aromatic heterocycles. The summed E-state index contributed by atoms with van der Waals surface area (Å²) in [4.78, 5) is 11.3. The molecule has 3 heteroatoms. The Bertz CT molecular complexity index is 444. The molecule has 0 spiro atoms. The number of carbonyl (C=O) groups is 1. The highest BCUT2D eigenvalue weighted by atomic mass is 19.1. The highest BCUT2D eigenvalue weighted by Gasteiger charge is 2.12. The SMILES string of the molecule is C#CCCOc1cc(C)c(F)cc1C(C)=O. The maximum atomic E-state index is 13.3. The van der Waals surface area contributed by atoms with Crippen molar-refractivity contribution in [1.29, 1.82) is 0 Å². The predicted octanol–water partition coefficient (Wildman–Crippen LogP) is 2.74. The van der Waals surface area contributed by atoms with Crippen LogP contribution in [0.4, 0.5) is 4.39 Å². The quantitative estimate of drug-likeness (QED) is 0.443. The van der Waals surface area contributed by atoms with E-state index in [9.17, 15) is 9.18 Å². The van der Waals surface area contributed by atoms with E-state index >= 15 is 0 Å². The maximum absolute atomic E-state index is 13.3. The fourth-order valence-corrected chi connectivity index (χ4v) is 1.27. The zero-order valence-electron chi connectivity index (χ0n) is 9.34. The summed E-state index contributed by atoms with van der Waals surface area (Å²) < 4.78 is 18.6. The molecule has 0 aliphatic heterocycles. The Morgan fingerprint density at radius 3 is 2.81 bits per heavy atom. The van der Waals surface area contributed by atoms with Crippen molar-refractivity contribution in [3.63, 3.8) is 0 Å². The normalized spacial score (nSPS) is 9.62. The minimum absolute atomic E-state index is 0.227. The third-order valence-corrected chi connectivity index (χ3v) is 2.14. The number of carbonyl (C=O) groups excluding carboxylic acids is 1. The molecule has 1 aromatic rings. The zero-order valence-corrected chi connectivity index (χ0v) is 9.34. The summed E-state index contributed by atoms with van der Waals surface area (Å²) in [5, 5.41) is 0. The van der Waals surface area contributed by atoms with Crippen LogP contribution < -0.4 is 4.74 Å². The number of halogens is 1. The molecule has 0 N–H and O–H groups in total. The van der Waals surface area contributed by atoms with E-state index in [1.54, 1.807) is 6.92 Å². The van der Waals surface area contributed by atoms with Crippen molar-refractivity contribution in [2.75, 3.05) is 6.61 Å². The van der Waals surface area contributed by atoms with Crippen LogP contribution in [0.15, 0.2) is 12.1 Å². The van der Waals surface area contributed by atoms with Gasteiger partial charge in [-0.25, -0.2) is 4.39 Å². The van der Waals surface area contributed by atoms with Crippen molar-refractivity contribution >= 4 is 5.78 Å². The van der Waals surface area contributed by atoms with E-state index in [2.05, 4.69) is 5.92 Å². The van der Waals surface area contributed by atoms with E-state index in [1.165, 1.54) is 19.1 Å². The Morgan fingerprint density at radius 2 is 2.25 bits per heavy atom. The monoisotopic (exact) mass is 220 g/mol. The minimum atomic E-state index is -0.408. The fourth-order valence-electron chi connectivity index (χ4n) is 1.27. The Kier molecular flexibility index (Phi) is 4.07. The van der Waals surface area contributed by atoms with Gasteiger partial charge >= 0.3 is 0 Å². The highest BCUT2D eigenvalue weighted by Crippen LogP contribution is 2.23. The lowest BCUT2D eigenvalue weighted by Crippen LogP contribution is -2.04. The number of ketones is 1. The second-order valence-corrected chi connectivity index (χ2v) is 3.46.